The fraction of sp³-hybridized carbons (Fsp3) is 0.143. The number of aliphatic imine (C=N–C) groups is 1. The molecule has 1 aromatic carbocycles. The third-order valence-corrected chi connectivity index (χ3v) is 2.49. The summed E-state index contributed by atoms with van der Waals surface area (Å²) in [5.74, 6) is 0. The van der Waals surface area contributed by atoms with Crippen LogP contribution in [0.3, 0.4) is 0 Å². The number of rotatable bonds is 4. The molecule has 1 rings (SSSR count). The molecule has 0 amide bonds. The summed E-state index contributed by atoms with van der Waals surface area (Å²) >= 11 is 0. The minimum Gasteiger partial charge on any atom is -0.411 e. The zero-order valence-corrected chi connectivity index (χ0v) is 10.6. The summed E-state index contributed by atoms with van der Waals surface area (Å²) in [6.45, 7) is 7.54. The van der Waals surface area contributed by atoms with Crippen LogP contribution in [-0.4, -0.2) is 17.1 Å². The molecule has 0 radical (unpaired) electrons. The maximum Gasteiger partial charge on any atom is 0.0866 e. The minimum absolute atomic E-state index is 0.401. The number of allylic oxidation sites excluding steroid dienone is 1. The summed E-state index contributed by atoms with van der Waals surface area (Å²) in [7, 11) is 0. The highest BCUT2D eigenvalue weighted by Crippen LogP contribution is 2.14. The highest BCUT2D eigenvalue weighted by molar-refractivity contribution is 6.15. The van der Waals surface area contributed by atoms with Crippen molar-refractivity contribution in [3.05, 3.63) is 53.7 Å². The normalized spacial score (nSPS) is 13.0. The number of benzene rings is 1. The van der Waals surface area contributed by atoms with E-state index in [1.165, 1.54) is 18.0 Å². The average Bonchev–Trinajstić information content (AvgIpc) is 2.39. The van der Waals surface area contributed by atoms with Gasteiger partial charge in [0.05, 0.1) is 11.4 Å². The van der Waals surface area contributed by atoms with E-state index in [-0.39, 0.29) is 0 Å². The van der Waals surface area contributed by atoms with Crippen molar-refractivity contribution in [1.82, 2.24) is 0 Å². The molecule has 0 aliphatic heterocycles. The summed E-state index contributed by atoms with van der Waals surface area (Å²) in [6, 6.07) is 7.90. The number of nitrogens with two attached hydrogens (primary N) is 1. The first-order chi connectivity index (χ1) is 8.58. The van der Waals surface area contributed by atoms with Gasteiger partial charge in [-0.1, -0.05) is 41.6 Å². The summed E-state index contributed by atoms with van der Waals surface area (Å²) in [5, 5.41) is 11.7. The molecular weight excluding hydrogens is 226 g/mol. The van der Waals surface area contributed by atoms with Crippen LogP contribution in [0.4, 0.5) is 0 Å². The van der Waals surface area contributed by atoms with Gasteiger partial charge < -0.3 is 10.9 Å². The van der Waals surface area contributed by atoms with E-state index in [9.17, 15) is 0 Å². The molecule has 18 heavy (non-hydrogen) atoms. The molecule has 1 aromatic rings. The molecule has 0 spiro atoms. The zero-order valence-electron chi connectivity index (χ0n) is 10.6. The SMILES string of the molecule is C=C(\N=C/C(=C\N)C(/C)=N\O)c1ccc(C)cc1. The van der Waals surface area contributed by atoms with Gasteiger partial charge in [-0.2, -0.15) is 0 Å². The first-order valence-corrected chi connectivity index (χ1v) is 5.49. The monoisotopic (exact) mass is 243 g/mol. The Kier molecular flexibility index (Phi) is 4.87. The zero-order chi connectivity index (χ0) is 13.5. The number of aryl methyl sites for hydroxylation is 1. The Bertz CT molecular complexity index is 510. The van der Waals surface area contributed by atoms with Crippen LogP contribution < -0.4 is 5.73 Å². The van der Waals surface area contributed by atoms with E-state index in [0.29, 0.717) is 17.0 Å². The molecule has 0 unspecified atom stereocenters. The molecule has 4 nitrogen and oxygen atoms in total. The van der Waals surface area contributed by atoms with Gasteiger partial charge in [0.2, 0.25) is 0 Å². The Morgan fingerprint density at radius 1 is 1.33 bits per heavy atom. The van der Waals surface area contributed by atoms with E-state index in [0.717, 1.165) is 5.56 Å². The van der Waals surface area contributed by atoms with E-state index in [4.69, 9.17) is 10.9 Å². The maximum atomic E-state index is 8.66. The topological polar surface area (TPSA) is 71.0 Å². The van der Waals surface area contributed by atoms with Gasteiger partial charge in [-0.25, -0.2) is 0 Å². The molecule has 0 aliphatic rings. The van der Waals surface area contributed by atoms with Gasteiger partial charge >= 0.3 is 0 Å². The predicted molar refractivity (Wildman–Crippen MR) is 75.9 cm³/mol. The lowest BCUT2D eigenvalue weighted by molar-refractivity contribution is 0.319. The molecule has 0 aliphatic carbocycles. The van der Waals surface area contributed by atoms with Crippen LogP contribution >= 0.6 is 0 Å². The van der Waals surface area contributed by atoms with Crippen LogP contribution in [0.1, 0.15) is 18.1 Å². The van der Waals surface area contributed by atoms with Crippen molar-refractivity contribution >= 4 is 17.6 Å². The molecule has 0 heterocycles. The Morgan fingerprint density at radius 2 is 1.94 bits per heavy atom. The van der Waals surface area contributed by atoms with Crippen LogP contribution in [0, 0.1) is 6.92 Å². The van der Waals surface area contributed by atoms with E-state index in [2.05, 4.69) is 16.7 Å². The van der Waals surface area contributed by atoms with Crippen molar-refractivity contribution in [3.8, 4) is 0 Å². The van der Waals surface area contributed by atoms with Crippen molar-refractivity contribution < 1.29 is 5.21 Å². The second kappa shape index (κ2) is 6.39. The second-order valence-electron chi connectivity index (χ2n) is 3.88. The molecule has 0 fully saturated rings. The van der Waals surface area contributed by atoms with Crippen molar-refractivity contribution in [2.75, 3.05) is 0 Å². The van der Waals surface area contributed by atoms with E-state index >= 15 is 0 Å². The van der Waals surface area contributed by atoms with E-state index < -0.39 is 0 Å². The van der Waals surface area contributed by atoms with Crippen LogP contribution in [-0.2, 0) is 0 Å². The molecule has 94 valence electrons. The third kappa shape index (κ3) is 3.59. The summed E-state index contributed by atoms with van der Waals surface area (Å²) < 4.78 is 0. The molecule has 0 aromatic heterocycles. The summed E-state index contributed by atoms with van der Waals surface area (Å²) in [6.07, 6.45) is 2.86. The number of hydrogen-bond donors (Lipinski definition) is 2. The molecule has 0 atom stereocenters. The lowest BCUT2D eigenvalue weighted by atomic mass is 10.1. The molecule has 4 heteroatoms. The van der Waals surface area contributed by atoms with Crippen molar-refractivity contribution in [2.45, 2.75) is 13.8 Å². The standard InChI is InChI=1S/C14H17N3O/c1-10-4-6-13(7-5-10)11(2)16-9-14(8-15)12(3)17-18/h4-9,18H,2,15H2,1,3H3/b14-8+,16-9-,17-12-. The first kappa shape index (κ1) is 13.7. The predicted octanol–water partition coefficient (Wildman–Crippen LogP) is 2.73. The van der Waals surface area contributed by atoms with Gasteiger partial charge in [0.15, 0.2) is 0 Å². The molecular formula is C14H17N3O. The summed E-state index contributed by atoms with van der Waals surface area (Å²) in [5.41, 5.74) is 9.11. The van der Waals surface area contributed by atoms with Gasteiger partial charge in [-0.3, -0.25) is 4.99 Å². The molecule has 3 N–H and O–H groups in total. The summed E-state index contributed by atoms with van der Waals surface area (Å²) in [4.78, 5) is 4.20. The second-order valence-corrected chi connectivity index (χ2v) is 3.88. The van der Waals surface area contributed by atoms with Crippen molar-refractivity contribution in [2.24, 2.45) is 15.9 Å². The fourth-order valence-electron chi connectivity index (χ4n) is 1.28. The smallest absolute Gasteiger partial charge is 0.0866 e. The van der Waals surface area contributed by atoms with Gasteiger partial charge in [0.25, 0.3) is 0 Å². The van der Waals surface area contributed by atoms with Crippen molar-refractivity contribution in [1.29, 1.82) is 0 Å². The highest BCUT2D eigenvalue weighted by atomic mass is 16.4. The Hall–Kier alpha value is -2.36. The largest absolute Gasteiger partial charge is 0.411 e. The fourth-order valence-corrected chi connectivity index (χ4v) is 1.28. The Balaban J connectivity index is 2.85. The van der Waals surface area contributed by atoms with Crippen LogP contribution in [0.2, 0.25) is 0 Å². The van der Waals surface area contributed by atoms with Crippen LogP contribution in [0.5, 0.6) is 0 Å². The molecule has 0 saturated carbocycles. The van der Waals surface area contributed by atoms with Gasteiger partial charge in [-0.05, 0) is 19.4 Å². The highest BCUT2D eigenvalue weighted by Gasteiger charge is 1.99. The van der Waals surface area contributed by atoms with Gasteiger partial charge in [0.1, 0.15) is 0 Å². The molecule has 0 bridgehead atoms. The van der Waals surface area contributed by atoms with E-state index in [1.807, 2.05) is 31.2 Å². The van der Waals surface area contributed by atoms with Gasteiger partial charge in [-0.15, -0.1) is 0 Å². The minimum atomic E-state index is 0.401. The number of nitrogens with zero attached hydrogens (tertiary/aromatic N) is 2. The lowest BCUT2D eigenvalue weighted by Crippen LogP contribution is -2.02. The number of hydrogen-bond acceptors (Lipinski definition) is 4. The average molecular weight is 243 g/mol. The van der Waals surface area contributed by atoms with Crippen LogP contribution in [0.15, 0.2) is 52.8 Å². The van der Waals surface area contributed by atoms with E-state index in [1.54, 1.807) is 6.92 Å². The van der Waals surface area contributed by atoms with Crippen molar-refractivity contribution in [3.63, 3.8) is 0 Å². The third-order valence-electron chi connectivity index (χ3n) is 2.49. The first-order valence-electron chi connectivity index (χ1n) is 5.49. The molecule has 0 saturated heterocycles. The Labute approximate surface area is 107 Å². The maximum absolute atomic E-state index is 8.66. The quantitative estimate of drug-likeness (QED) is 0.485. The lowest BCUT2D eigenvalue weighted by Gasteiger charge is -2.01. The number of oxime groups is 1. The Morgan fingerprint density at radius 3 is 2.44 bits per heavy atom. The van der Waals surface area contributed by atoms with Crippen LogP contribution in [0.25, 0.3) is 5.70 Å². The van der Waals surface area contributed by atoms with Gasteiger partial charge in [0, 0.05) is 18.0 Å².